The Morgan fingerprint density at radius 2 is 1.91 bits per heavy atom. The number of nitrogens with one attached hydrogen (secondary N) is 1. The minimum atomic E-state index is -0.454. The molecule has 23 heavy (non-hydrogen) atoms. The fourth-order valence-corrected chi connectivity index (χ4v) is 2.29. The third kappa shape index (κ3) is 2.83. The first kappa shape index (κ1) is 14.9. The van der Waals surface area contributed by atoms with Crippen LogP contribution in [0.4, 0.5) is 15.8 Å². The Balaban J connectivity index is 2.06. The fourth-order valence-electron chi connectivity index (χ4n) is 2.29. The first-order valence-corrected chi connectivity index (χ1v) is 6.99. The average Bonchev–Trinajstić information content (AvgIpc) is 2.56. The summed E-state index contributed by atoms with van der Waals surface area (Å²) in [5.41, 5.74) is 7.68. The minimum absolute atomic E-state index is 0.132. The molecule has 0 aliphatic heterocycles. The molecule has 0 saturated heterocycles. The monoisotopic (exact) mass is 313 g/mol. The van der Waals surface area contributed by atoms with E-state index in [9.17, 15) is 4.39 Å². The van der Waals surface area contributed by atoms with Crippen LogP contribution in [0.25, 0.3) is 10.9 Å². The first-order chi connectivity index (χ1) is 11.1. The van der Waals surface area contributed by atoms with Crippen LogP contribution in [0, 0.1) is 5.82 Å². The van der Waals surface area contributed by atoms with E-state index in [4.69, 9.17) is 15.2 Å². The van der Waals surface area contributed by atoms with Crippen molar-refractivity contribution in [1.82, 2.24) is 4.98 Å². The first-order valence-electron chi connectivity index (χ1n) is 6.99. The normalized spacial score (nSPS) is 10.6. The molecule has 0 spiro atoms. The molecule has 1 heterocycles. The number of halogens is 1. The summed E-state index contributed by atoms with van der Waals surface area (Å²) in [4.78, 5) is 4.25. The van der Waals surface area contributed by atoms with Crippen molar-refractivity contribution in [3.63, 3.8) is 0 Å². The van der Waals surface area contributed by atoms with Gasteiger partial charge in [0.15, 0.2) is 11.6 Å². The van der Waals surface area contributed by atoms with Crippen molar-refractivity contribution >= 4 is 22.3 Å². The lowest BCUT2D eigenvalue weighted by Crippen LogP contribution is -1.96. The Morgan fingerprint density at radius 3 is 2.61 bits per heavy atom. The van der Waals surface area contributed by atoms with E-state index < -0.39 is 5.82 Å². The number of anilines is 2. The van der Waals surface area contributed by atoms with Crippen LogP contribution in [0.15, 0.2) is 42.6 Å². The molecule has 2 aromatic carbocycles. The summed E-state index contributed by atoms with van der Waals surface area (Å²) in [6.45, 7) is 0. The zero-order chi connectivity index (χ0) is 16.4. The highest BCUT2D eigenvalue weighted by molar-refractivity contribution is 5.90. The van der Waals surface area contributed by atoms with Crippen molar-refractivity contribution in [1.29, 1.82) is 0 Å². The smallest absolute Gasteiger partial charge is 0.167 e. The van der Waals surface area contributed by atoms with E-state index in [-0.39, 0.29) is 5.75 Å². The molecule has 0 amide bonds. The van der Waals surface area contributed by atoms with Gasteiger partial charge in [-0.15, -0.1) is 0 Å². The van der Waals surface area contributed by atoms with E-state index >= 15 is 0 Å². The molecule has 3 rings (SSSR count). The molecule has 0 radical (unpaired) electrons. The van der Waals surface area contributed by atoms with Gasteiger partial charge >= 0.3 is 0 Å². The number of nitrogens with zero attached hydrogens (tertiary/aromatic N) is 1. The van der Waals surface area contributed by atoms with Gasteiger partial charge in [0.25, 0.3) is 0 Å². The maximum absolute atomic E-state index is 14.1. The third-order valence-corrected chi connectivity index (χ3v) is 3.49. The Morgan fingerprint density at radius 1 is 1.09 bits per heavy atom. The van der Waals surface area contributed by atoms with Crippen molar-refractivity contribution in [3.8, 4) is 17.2 Å². The van der Waals surface area contributed by atoms with Crippen LogP contribution in [-0.4, -0.2) is 19.1 Å². The zero-order valence-electron chi connectivity index (χ0n) is 12.8. The summed E-state index contributed by atoms with van der Waals surface area (Å²) in [7, 11) is 3.26. The fraction of sp³-hybridized carbons (Fsp3) is 0.118. The van der Waals surface area contributed by atoms with E-state index in [0.717, 1.165) is 0 Å². The Hall–Kier alpha value is -3.02. The number of fused-ring (bicyclic) bond motifs is 1. The molecule has 0 unspecified atom stereocenters. The van der Waals surface area contributed by atoms with E-state index in [1.165, 1.54) is 13.2 Å². The minimum Gasteiger partial charge on any atom is -0.495 e. The second kappa shape index (κ2) is 6.00. The molecule has 0 saturated carbocycles. The number of aromatic nitrogens is 1. The van der Waals surface area contributed by atoms with Crippen molar-refractivity contribution in [3.05, 3.63) is 48.4 Å². The largest absolute Gasteiger partial charge is 0.495 e. The lowest BCUT2D eigenvalue weighted by Gasteiger charge is -2.12. The second-order valence-corrected chi connectivity index (χ2v) is 4.92. The summed E-state index contributed by atoms with van der Waals surface area (Å²) in [5.74, 6) is 0.669. The molecule has 0 atom stereocenters. The van der Waals surface area contributed by atoms with E-state index in [0.29, 0.717) is 33.8 Å². The molecule has 1 aromatic heterocycles. The molecular formula is C17H16FN3O2. The lowest BCUT2D eigenvalue weighted by molar-refractivity contribution is 0.417. The molecule has 0 fully saturated rings. The summed E-state index contributed by atoms with van der Waals surface area (Å²) >= 11 is 0. The van der Waals surface area contributed by atoms with Crippen LogP contribution in [0.3, 0.4) is 0 Å². The van der Waals surface area contributed by atoms with Crippen LogP contribution in [0.1, 0.15) is 0 Å². The van der Waals surface area contributed by atoms with Gasteiger partial charge in [-0.25, -0.2) is 4.39 Å². The summed E-state index contributed by atoms with van der Waals surface area (Å²) in [6.07, 6.45) is 1.59. The molecule has 118 valence electrons. The number of hydrogen-bond acceptors (Lipinski definition) is 5. The van der Waals surface area contributed by atoms with E-state index in [1.54, 1.807) is 43.6 Å². The number of hydrogen-bond donors (Lipinski definition) is 2. The molecule has 3 N–H and O–H groups in total. The Labute approximate surface area is 132 Å². The van der Waals surface area contributed by atoms with Crippen molar-refractivity contribution in [2.45, 2.75) is 0 Å². The van der Waals surface area contributed by atoms with Crippen molar-refractivity contribution in [2.75, 3.05) is 25.2 Å². The number of pyridine rings is 1. The summed E-state index contributed by atoms with van der Waals surface area (Å²) in [6, 6.07) is 9.78. The van der Waals surface area contributed by atoms with Gasteiger partial charge < -0.3 is 20.5 Å². The predicted octanol–water partition coefficient (Wildman–Crippen LogP) is 3.80. The quantitative estimate of drug-likeness (QED) is 0.717. The second-order valence-electron chi connectivity index (χ2n) is 4.92. The van der Waals surface area contributed by atoms with Crippen LogP contribution in [0.5, 0.6) is 17.2 Å². The maximum Gasteiger partial charge on any atom is 0.167 e. The van der Waals surface area contributed by atoms with Gasteiger partial charge in [-0.3, -0.25) is 4.98 Å². The molecule has 5 nitrogen and oxygen atoms in total. The van der Waals surface area contributed by atoms with E-state index in [1.807, 2.05) is 0 Å². The molecular weight excluding hydrogens is 297 g/mol. The van der Waals surface area contributed by atoms with Gasteiger partial charge in [0, 0.05) is 30.4 Å². The van der Waals surface area contributed by atoms with Crippen LogP contribution < -0.4 is 20.5 Å². The highest BCUT2D eigenvalue weighted by Crippen LogP contribution is 2.35. The molecule has 3 aromatic rings. The molecule has 6 heteroatoms. The highest BCUT2D eigenvalue weighted by atomic mass is 19.1. The number of methoxy groups -OCH3 is 1. The topological polar surface area (TPSA) is 69.4 Å². The van der Waals surface area contributed by atoms with Gasteiger partial charge in [-0.1, -0.05) is 0 Å². The van der Waals surface area contributed by atoms with Gasteiger partial charge in [0.1, 0.15) is 11.5 Å². The molecule has 0 aliphatic rings. The van der Waals surface area contributed by atoms with Crippen molar-refractivity contribution in [2.24, 2.45) is 0 Å². The molecule has 0 aliphatic carbocycles. The number of nitrogens with two attached hydrogens (primary N) is 1. The lowest BCUT2D eigenvalue weighted by atomic mass is 10.1. The maximum atomic E-state index is 14.1. The average molecular weight is 313 g/mol. The van der Waals surface area contributed by atoms with E-state index in [2.05, 4.69) is 10.3 Å². The van der Waals surface area contributed by atoms with Crippen LogP contribution in [-0.2, 0) is 0 Å². The number of benzene rings is 2. The third-order valence-electron chi connectivity index (χ3n) is 3.49. The van der Waals surface area contributed by atoms with Crippen LogP contribution in [0.2, 0.25) is 0 Å². The van der Waals surface area contributed by atoms with Crippen LogP contribution >= 0.6 is 0 Å². The zero-order valence-corrected chi connectivity index (χ0v) is 12.8. The SMILES string of the molecule is CNc1ccc(Oc2ccnc3cc(N)c(OC)cc23)c(F)c1. The van der Waals surface area contributed by atoms with Crippen molar-refractivity contribution < 1.29 is 13.9 Å². The highest BCUT2D eigenvalue weighted by Gasteiger charge is 2.11. The summed E-state index contributed by atoms with van der Waals surface area (Å²) in [5, 5.41) is 3.56. The van der Waals surface area contributed by atoms with Gasteiger partial charge in [-0.05, 0) is 30.3 Å². The number of rotatable bonds is 4. The number of ether oxygens (including phenoxy) is 2. The summed E-state index contributed by atoms with van der Waals surface area (Å²) < 4.78 is 25.1. The standard InChI is InChI=1S/C17H16FN3O2/c1-20-10-3-4-16(12(18)7-10)23-15-5-6-21-14-9-13(19)17(22-2)8-11(14)15/h3-9,20H,19H2,1-2H3. The van der Waals surface area contributed by atoms with Gasteiger partial charge in [-0.2, -0.15) is 0 Å². The Kier molecular flexibility index (Phi) is 3.89. The number of nitrogen functional groups attached to an aromatic ring is 1. The predicted molar refractivity (Wildman–Crippen MR) is 88.7 cm³/mol. The Bertz CT molecular complexity index is 868. The molecule has 0 bridgehead atoms. The van der Waals surface area contributed by atoms with Gasteiger partial charge in [0.2, 0.25) is 0 Å². The van der Waals surface area contributed by atoms with Gasteiger partial charge in [0.05, 0.1) is 18.3 Å².